The fourth-order valence-electron chi connectivity index (χ4n) is 2.18. The van der Waals surface area contributed by atoms with Crippen molar-refractivity contribution in [2.24, 2.45) is 0 Å². The number of anilines is 1. The maximum absolute atomic E-state index is 9.09. The molecule has 0 aromatic heterocycles. The third kappa shape index (κ3) is 2.03. The molecule has 2 unspecified atom stereocenters. The van der Waals surface area contributed by atoms with E-state index < -0.39 is 0 Å². The van der Waals surface area contributed by atoms with Crippen molar-refractivity contribution in [1.82, 2.24) is 0 Å². The lowest BCUT2D eigenvalue weighted by Gasteiger charge is -2.25. The van der Waals surface area contributed by atoms with Crippen LogP contribution in [-0.2, 0) is 0 Å². The van der Waals surface area contributed by atoms with E-state index in [1.54, 1.807) is 7.11 Å². The van der Waals surface area contributed by atoms with Gasteiger partial charge in [0.15, 0.2) is 0 Å². The van der Waals surface area contributed by atoms with Gasteiger partial charge in [-0.05, 0) is 37.1 Å². The smallest absolute Gasteiger partial charge is 0.119 e. The molecule has 0 spiro atoms. The maximum Gasteiger partial charge on any atom is 0.119 e. The van der Waals surface area contributed by atoms with E-state index in [1.807, 2.05) is 29.2 Å². The van der Waals surface area contributed by atoms with E-state index in [1.165, 1.54) is 0 Å². The molecule has 1 aromatic rings. The van der Waals surface area contributed by atoms with Crippen LogP contribution in [0.15, 0.2) is 24.3 Å². The SMILES string of the molecule is COc1ccc(N2C(C#N)CCC2C#N)cc1. The van der Waals surface area contributed by atoms with Gasteiger partial charge in [-0.1, -0.05) is 0 Å². The molecule has 0 amide bonds. The molecule has 4 heteroatoms. The summed E-state index contributed by atoms with van der Waals surface area (Å²) in [5.74, 6) is 0.773. The molecule has 1 aliphatic heterocycles. The molecule has 1 saturated heterocycles. The molecule has 1 fully saturated rings. The highest BCUT2D eigenvalue weighted by atomic mass is 16.5. The van der Waals surface area contributed by atoms with Gasteiger partial charge < -0.3 is 9.64 Å². The van der Waals surface area contributed by atoms with E-state index in [9.17, 15) is 0 Å². The van der Waals surface area contributed by atoms with Crippen molar-refractivity contribution in [3.05, 3.63) is 24.3 Å². The Balaban J connectivity index is 2.30. The van der Waals surface area contributed by atoms with Crippen molar-refractivity contribution in [2.45, 2.75) is 24.9 Å². The summed E-state index contributed by atoms with van der Waals surface area (Å²) in [6.07, 6.45) is 1.50. The first-order chi connectivity index (χ1) is 8.30. The average molecular weight is 227 g/mol. The quantitative estimate of drug-likeness (QED) is 0.776. The summed E-state index contributed by atoms with van der Waals surface area (Å²) in [5.41, 5.74) is 0.904. The molecular weight excluding hydrogens is 214 g/mol. The monoisotopic (exact) mass is 227 g/mol. The van der Waals surface area contributed by atoms with Crippen LogP contribution in [0.25, 0.3) is 0 Å². The number of methoxy groups -OCH3 is 1. The number of rotatable bonds is 2. The van der Waals surface area contributed by atoms with Gasteiger partial charge in [-0.25, -0.2) is 0 Å². The number of nitriles is 2. The van der Waals surface area contributed by atoms with Gasteiger partial charge in [0.05, 0.1) is 19.2 Å². The van der Waals surface area contributed by atoms with Gasteiger partial charge in [0.2, 0.25) is 0 Å². The van der Waals surface area contributed by atoms with Gasteiger partial charge in [-0.15, -0.1) is 0 Å². The van der Waals surface area contributed by atoms with Crippen LogP contribution in [-0.4, -0.2) is 19.2 Å². The van der Waals surface area contributed by atoms with Crippen LogP contribution in [0.5, 0.6) is 5.75 Å². The van der Waals surface area contributed by atoms with Crippen LogP contribution < -0.4 is 9.64 Å². The van der Waals surface area contributed by atoms with Gasteiger partial charge in [0.1, 0.15) is 17.8 Å². The standard InChI is InChI=1S/C13H13N3O/c1-17-13-6-4-10(5-7-13)16-11(8-14)2-3-12(16)9-15/h4-7,11-12H,2-3H2,1H3. The summed E-state index contributed by atoms with van der Waals surface area (Å²) in [4.78, 5) is 1.89. The first-order valence-corrected chi connectivity index (χ1v) is 5.51. The van der Waals surface area contributed by atoms with E-state index in [4.69, 9.17) is 15.3 Å². The molecule has 2 atom stereocenters. The van der Waals surface area contributed by atoms with Crippen molar-refractivity contribution in [1.29, 1.82) is 10.5 Å². The molecule has 0 saturated carbocycles. The zero-order valence-electron chi connectivity index (χ0n) is 9.63. The van der Waals surface area contributed by atoms with Crippen LogP contribution in [0.1, 0.15) is 12.8 Å². The van der Waals surface area contributed by atoms with Crippen LogP contribution in [0, 0.1) is 22.7 Å². The topological polar surface area (TPSA) is 60.0 Å². The molecule has 1 aromatic carbocycles. The summed E-state index contributed by atoms with van der Waals surface area (Å²) < 4.78 is 5.09. The lowest BCUT2D eigenvalue weighted by molar-refractivity contribution is 0.415. The highest BCUT2D eigenvalue weighted by molar-refractivity contribution is 5.54. The Kier molecular flexibility index (Phi) is 3.16. The Morgan fingerprint density at radius 1 is 1.12 bits per heavy atom. The van der Waals surface area contributed by atoms with Crippen LogP contribution in [0.2, 0.25) is 0 Å². The first kappa shape index (κ1) is 11.3. The second kappa shape index (κ2) is 4.76. The molecule has 0 radical (unpaired) electrons. The van der Waals surface area contributed by atoms with Gasteiger partial charge in [0.25, 0.3) is 0 Å². The van der Waals surface area contributed by atoms with Crippen molar-refractivity contribution in [2.75, 3.05) is 12.0 Å². The Morgan fingerprint density at radius 3 is 2.06 bits per heavy atom. The van der Waals surface area contributed by atoms with Crippen LogP contribution >= 0.6 is 0 Å². The lowest BCUT2D eigenvalue weighted by atomic mass is 10.2. The first-order valence-electron chi connectivity index (χ1n) is 5.51. The molecule has 1 heterocycles. The fraction of sp³-hybridized carbons (Fsp3) is 0.385. The summed E-state index contributed by atoms with van der Waals surface area (Å²) in [7, 11) is 1.61. The molecule has 0 aliphatic carbocycles. The zero-order valence-corrected chi connectivity index (χ0v) is 9.63. The Bertz CT molecular complexity index is 447. The molecule has 4 nitrogen and oxygen atoms in total. The third-order valence-corrected chi connectivity index (χ3v) is 3.05. The molecule has 0 N–H and O–H groups in total. The molecule has 17 heavy (non-hydrogen) atoms. The molecule has 0 bridgehead atoms. The van der Waals surface area contributed by atoms with E-state index in [0.717, 1.165) is 24.3 Å². The number of hydrogen-bond acceptors (Lipinski definition) is 4. The predicted molar refractivity (Wildman–Crippen MR) is 63.5 cm³/mol. The second-order valence-electron chi connectivity index (χ2n) is 3.97. The van der Waals surface area contributed by atoms with Gasteiger partial charge in [0, 0.05) is 5.69 Å². The maximum atomic E-state index is 9.09. The third-order valence-electron chi connectivity index (χ3n) is 3.05. The van der Waals surface area contributed by atoms with Crippen molar-refractivity contribution in [3.8, 4) is 17.9 Å². The summed E-state index contributed by atoms with van der Waals surface area (Å²) >= 11 is 0. The number of ether oxygens (including phenoxy) is 1. The normalized spacial score (nSPS) is 22.9. The average Bonchev–Trinajstić information content (AvgIpc) is 2.81. The van der Waals surface area contributed by atoms with Gasteiger partial charge in [-0.3, -0.25) is 0 Å². The highest BCUT2D eigenvalue weighted by Gasteiger charge is 2.33. The zero-order chi connectivity index (χ0) is 12.3. The molecular formula is C13H13N3O. The van der Waals surface area contributed by atoms with Crippen LogP contribution in [0.3, 0.4) is 0 Å². The Morgan fingerprint density at radius 2 is 1.65 bits per heavy atom. The van der Waals surface area contributed by atoms with Crippen molar-refractivity contribution >= 4 is 5.69 Å². The fourth-order valence-corrected chi connectivity index (χ4v) is 2.18. The molecule has 86 valence electrons. The van der Waals surface area contributed by atoms with Gasteiger partial charge >= 0.3 is 0 Å². The second-order valence-corrected chi connectivity index (χ2v) is 3.97. The van der Waals surface area contributed by atoms with E-state index >= 15 is 0 Å². The lowest BCUT2D eigenvalue weighted by Crippen LogP contribution is -2.34. The minimum absolute atomic E-state index is 0.201. The number of nitrogens with zero attached hydrogens (tertiary/aromatic N) is 3. The largest absolute Gasteiger partial charge is 0.497 e. The summed E-state index contributed by atoms with van der Waals surface area (Å²) in [6.45, 7) is 0. The number of benzene rings is 1. The predicted octanol–water partition coefficient (Wildman–Crippen LogP) is 2.08. The Hall–Kier alpha value is -2.20. The minimum atomic E-state index is -0.201. The van der Waals surface area contributed by atoms with E-state index in [-0.39, 0.29) is 12.1 Å². The van der Waals surface area contributed by atoms with Gasteiger partial charge in [-0.2, -0.15) is 10.5 Å². The molecule has 2 rings (SSSR count). The van der Waals surface area contributed by atoms with E-state index in [2.05, 4.69) is 12.1 Å². The van der Waals surface area contributed by atoms with E-state index in [0.29, 0.717) is 0 Å². The number of hydrogen-bond donors (Lipinski definition) is 0. The van der Waals surface area contributed by atoms with Crippen molar-refractivity contribution < 1.29 is 4.74 Å². The van der Waals surface area contributed by atoms with Crippen LogP contribution in [0.4, 0.5) is 5.69 Å². The van der Waals surface area contributed by atoms with Crippen molar-refractivity contribution in [3.63, 3.8) is 0 Å². The summed E-state index contributed by atoms with van der Waals surface area (Å²) in [6, 6.07) is 11.6. The highest BCUT2D eigenvalue weighted by Crippen LogP contribution is 2.31. The minimum Gasteiger partial charge on any atom is -0.497 e. The Labute approximate surface area is 101 Å². The summed E-state index contributed by atoms with van der Waals surface area (Å²) in [5, 5.41) is 18.2. The molecule has 1 aliphatic rings.